The average Bonchev–Trinajstić information content (AvgIpc) is 3.08. The van der Waals surface area contributed by atoms with E-state index in [4.69, 9.17) is 19.2 Å². The Balaban J connectivity index is 1.08. The lowest BCUT2D eigenvalue weighted by Crippen LogP contribution is -2.58. The van der Waals surface area contributed by atoms with E-state index in [1.54, 1.807) is 16.0 Å². The molecule has 280 valence electrons. The molecule has 6 rings (SSSR count). The summed E-state index contributed by atoms with van der Waals surface area (Å²) in [6.07, 6.45) is 7.05. The molecule has 12 nitrogen and oxygen atoms in total. The van der Waals surface area contributed by atoms with Crippen molar-refractivity contribution in [3.8, 4) is 17.2 Å². The van der Waals surface area contributed by atoms with E-state index >= 15 is 0 Å². The van der Waals surface area contributed by atoms with E-state index in [9.17, 15) is 14.0 Å². The minimum absolute atomic E-state index is 0.00755. The van der Waals surface area contributed by atoms with Crippen LogP contribution in [0.5, 0.6) is 17.2 Å². The summed E-state index contributed by atoms with van der Waals surface area (Å²) in [5.74, 6) is 1.72. The normalized spacial score (nSPS) is 17.7. The summed E-state index contributed by atoms with van der Waals surface area (Å²) in [6.45, 7) is 18.6. The summed E-state index contributed by atoms with van der Waals surface area (Å²) < 4.78 is 32.9. The lowest BCUT2D eigenvalue weighted by molar-refractivity contribution is -0.0192. The second kappa shape index (κ2) is 15.6. The molecule has 2 fully saturated rings. The molecule has 1 aromatic carbocycles. The fraction of sp³-hybridized carbons (Fsp3) is 0.564. The molecule has 0 radical (unpaired) electrons. The summed E-state index contributed by atoms with van der Waals surface area (Å²) in [5.41, 5.74) is 1.88. The van der Waals surface area contributed by atoms with Crippen molar-refractivity contribution in [1.29, 1.82) is 0 Å². The number of hydrogen-bond donors (Lipinski definition) is 0. The molecule has 0 aliphatic carbocycles. The highest BCUT2D eigenvalue weighted by atomic mass is 19.1. The number of amides is 2. The van der Waals surface area contributed by atoms with Crippen LogP contribution >= 0.6 is 0 Å². The van der Waals surface area contributed by atoms with Crippen molar-refractivity contribution >= 4 is 17.8 Å². The Hall–Kier alpha value is -4.52. The molecule has 3 aromatic rings. The number of nitrogens with zero attached hydrogens (tertiary/aromatic N) is 7. The first kappa shape index (κ1) is 37.2. The van der Waals surface area contributed by atoms with Gasteiger partial charge in [-0.3, -0.25) is 14.7 Å². The molecule has 13 heteroatoms. The molecule has 1 atom stereocenters. The highest BCUT2D eigenvalue weighted by Gasteiger charge is 2.39. The molecule has 3 aliphatic heterocycles. The second-order valence-electron chi connectivity index (χ2n) is 15.3. The van der Waals surface area contributed by atoms with Crippen molar-refractivity contribution in [2.24, 2.45) is 5.92 Å². The van der Waals surface area contributed by atoms with Gasteiger partial charge in [-0.15, -0.1) is 0 Å². The lowest BCUT2D eigenvalue weighted by atomic mass is 9.90. The number of piperidine rings is 1. The Kier molecular flexibility index (Phi) is 11.2. The van der Waals surface area contributed by atoms with Crippen LogP contribution in [0.15, 0.2) is 43.0 Å². The number of aromatic nitrogens is 3. The highest BCUT2D eigenvalue weighted by Crippen LogP contribution is 2.36. The Morgan fingerprint density at radius 3 is 2.46 bits per heavy atom. The van der Waals surface area contributed by atoms with Crippen LogP contribution in [0.25, 0.3) is 0 Å². The number of pyridine rings is 1. The van der Waals surface area contributed by atoms with Gasteiger partial charge in [-0.2, -0.15) is 0 Å². The second-order valence-corrected chi connectivity index (χ2v) is 15.3. The van der Waals surface area contributed by atoms with Crippen molar-refractivity contribution < 1.29 is 28.2 Å². The van der Waals surface area contributed by atoms with Gasteiger partial charge in [-0.25, -0.2) is 19.2 Å². The predicted octanol–water partition coefficient (Wildman–Crippen LogP) is 6.33. The molecule has 3 aliphatic rings. The maximum absolute atomic E-state index is 14.4. The van der Waals surface area contributed by atoms with Crippen LogP contribution in [0.3, 0.4) is 0 Å². The van der Waals surface area contributed by atoms with Crippen molar-refractivity contribution in [3.05, 3.63) is 65.6 Å². The third-order valence-corrected chi connectivity index (χ3v) is 10.2. The van der Waals surface area contributed by atoms with Crippen molar-refractivity contribution in [1.82, 2.24) is 29.7 Å². The largest absolute Gasteiger partial charge is 0.490 e. The maximum Gasteiger partial charge on any atom is 0.410 e. The predicted molar refractivity (Wildman–Crippen MR) is 195 cm³/mol. The quantitative estimate of drug-likeness (QED) is 0.236. The standard InChI is InChI=1S/C39H52FN7O5/c1-8-47(25(2)3)37(48)30-19-28(40)9-10-33(30)51-35-20-41-24-43-36(35)44-16-12-29(13-17-44)50-34-11-15-42-32-14-18-45(23-31(32)34)26(4)27-21-46(22-27)38(49)52-39(5,6)7/h9-11,15,19-20,24-27,29H,8,12-14,16-18,21-23H2,1-7H3. The topological polar surface area (TPSA) is 113 Å². The molecule has 0 N–H and O–H groups in total. The SMILES string of the molecule is CCN(C(=O)c1cc(F)ccc1Oc1cncnc1N1CCC(Oc2ccnc3c2CN(C(C)C2CN(C(=O)OC(C)(C)C)C2)CC3)CC1)C(C)C. The van der Waals surface area contributed by atoms with Crippen LogP contribution < -0.4 is 14.4 Å². The van der Waals surface area contributed by atoms with Gasteiger partial charge in [0.15, 0.2) is 11.6 Å². The van der Waals surface area contributed by atoms with Gasteiger partial charge in [0, 0.05) is 101 Å². The minimum Gasteiger partial charge on any atom is -0.490 e. The molecule has 2 saturated heterocycles. The van der Waals surface area contributed by atoms with Crippen LogP contribution in [-0.4, -0.2) is 105 Å². The zero-order valence-electron chi connectivity index (χ0n) is 31.5. The number of likely N-dealkylation sites (tertiary alicyclic amines) is 1. The van der Waals surface area contributed by atoms with E-state index < -0.39 is 11.4 Å². The highest BCUT2D eigenvalue weighted by molar-refractivity contribution is 5.97. The fourth-order valence-electron chi connectivity index (χ4n) is 7.24. The number of hydrogen-bond acceptors (Lipinski definition) is 10. The Morgan fingerprint density at radius 2 is 1.77 bits per heavy atom. The molecule has 2 aromatic heterocycles. The summed E-state index contributed by atoms with van der Waals surface area (Å²) in [6, 6.07) is 6.21. The zero-order valence-corrected chi connectivity index (χ0v) is 31.5. The van der Waals surface area contributed by atoms with Crippen LogP contribution in [-0.2, 0) is 17.7 Å². The van der Waals surface area contributed by atoms with Crippen LogP contribution in [0.1, 0.15) is 82.9 Å². The van der Waals surface area contributed by atoms with Crippen molar-refractivity contribution in [3.63, 3.8) is 0 Å². The first-order valence-corrected chi connectivity index (χ1v) is 18.5. The molecule has 1 unspecified atom stereocenters. The summed E-state index contributed by atoms with van der Waals surface area (Å²) in [7, 11) is 0. The van der Waals surface area contributed by atoms with E-state index in [1.807, 2.05) is 53.8 Å². The van der Waals surface area contributed by atoms with Gasteiger partial charge >= 0.3 is 6.09 Å². The number of ether oxygens (including phenoxy) is 3. The Labute approximate surface area is 306 Å². The molecule has 0 bridgehead atoms. The average molecular weight is 718 g/mol. The van der Waals surface area contributed by atoms with E-state index in [0.717, 1.165) is 49.4 Å². The number of carbonyl (C=O) groups excluding carboxylic acids is 2. The molecule has 0 spiro atoms. The van der Waals surface area contributed by atoms with Crippen molar-refractivity contribution in [2.75, 3.05) is 44.2 Å². The van der Waals surface area contributed by atoms with Gasteiger partial charge in [0.05, 0.1) is 11.8 Å². The van der Waals surface area contributed by atoms with Gasteiger partial charge in [0.2, 0.25) is 0 Å². The third kappa shape index (κ3) is 8.40. The van der Waals surface area contributed by atoms with E-state index in [-0.39, 0.29) is 35.5 Å². The fourth-order valence-corrected chi connectivity index (χ4v) is 7.24. The maximum atomic E-state index is 14.4. The summed E-state index contributed by atoms with van der Waals surface area (Å²) >= 11 is 0. The number of halogens is 1. The first-order valence-electron chi connectivity index (χ1n) is 18.5. The number of rotatable bonds is 10. The van der Waals surface area contributed by atoms with Gasteiger partial charge in [-0.1, -0.05) is 0 Å². The number of carbonyl (C=O) groups is 2. The number of benzene rings is 1. The van der Waals surface area contributed by atoms with Crippen LogP contribution in [0.4, 0.5) is 15.0 Å². The van der Waals surface area contributed by atoms with E-state index in [1.165, 1.54) is 24.5 Å². The zero-order chi connectivity index (χ0) is 37.2. The van der Waals surface area contributed by atoms with E-state index in [0.29, 0.717) is 56.3 Å². The summed E-state index contributed by atoms with van der Waals surface area (Å²) in [4.78, 5) is 47.4. The summed E-state index contributed by atoms with van der Waals surface area (Å²) in [5, 5.41) is 0. The smallest absolute Gasteiger partial charge is 0.410 e. The number of anilines is 1. The monoisotopic (exact) mass is 717 g/mol. The Bertz CT molecular complexity index is 1740. The molecule has 52 heavy (non-hydrogen) atoms. The molecule has 0 saturated carbocycles. The molecule has 2 amide bonds. The van der Waals surface area contributed by atoms with Crippen LogP contribution in [0, 0.1) is 11.7 Å². The van der Waals surface area contributed by atoms with Gasteiger partial charge in [-0.05, 0) is 72.7 Å². The van der Waals surface area contributed by atoms with Crippen molar-refractivity contribution in [2.45, 2.75) is 98.1 Å². The Morgan fingerprint density at radius 1 is 1.02 bits per heavy atom. The molecular formula is C39H52FN7O5. The first-order chi connectivity index (χ1) is 24.8. The van der Waals surface area contributed by atoms with E-state index in [2.05, 4.69) is 26.7 Å². The minimum atomic E-state index is -0.509. The molecular weight excluding hydrogens is 665 g/mol. The van der Waals surface area contributed by atoms with Gasteiger partial charge in [0.1, 0.15) is 35.3 Å². The number of fused-ring (bicyclic) bond motifs is 1. The lowest BCUT2D eigenvalue weighted by Gasteiger charge is -2.46. The van der Waals surface area contributed by atoms with Gasteiger partial charge in [0.25, 0.3) is 5.91 Å². The van der Waals surface area contributed by atoms with Crippen LogP contribution in [0.2, 0.25) is 0 Å². The molecule has 5 heterocycles. The van der Waals surface area contributed by atoms with Gasteiger partial charge < -0.3 is 28.9 Å². The third-order valence-electron chi connectivity index (χ3n) is 10.2.